The smallest absolute Gasteiger partial charge is 0.227 e. The molecule has 4 rings (SSSR count). The molecule has 0 bridgehead atoms. The average Bonchev–Trinajstić information content (AvgIpc) is 3.52. The second kappa shape index (κ2) is 12.1. The molecule has 2 amide bonds. The van der Waals surface area contributed by atoms with Gasteiger partial charge in [-0.2, -0.15) is 0 Å². The molecular weight excluding hydrogens is 432 g/mol. The van der Waals surface area contributed by atoms with E-state index in [2.05, 4.69) is 15.6 Å². The number of amides is 2. The number of nitrogens with zero attached hydrogens (tertiary/aromatic N) is 4. The molecular formula is C26H36N4O4. The van der Waals surface area contributed by atoms with Crippen molar-refractivity contribution < 1.29 is 19.1 Å². The number of ether oxygens (including phenoxy) is 2. The predicted molar refractivity (Wildman–Crippen MR) is 130 cm³/mol. The van der Waals surface area contributed by atoms with Crippen LogP contribution in [0.15, 0.2) is 36.7 Å². The van der Waals surface area contributed by atoms with E-state index in [0.717, 1.165) is 37.3 Å². The summed E-state index contributed by atoms with van der Waals surface area (Å²) in [6.07, 6.45) is 7.05. The molecule has 0 radical (unpaired) electrons. The van der Waals surface area contributed by atoms with Gasteiger partial charge >= 0.3 is 0 Å². The fourth-order valence-electron chi connectivity index (χ4n) is 4.89. The number of fused-ring (bicyclic) bond motifs is 1. The number of hydrogen-bond donors (Lipinski definition) is 0. The number of carbonyl (C=O) groups excluding carboxylic acids is 2. The fraction of sp³-hybridized carbons (Fsp3) is 0.577. The van der Waals surface area contributed by atoms with E-state index in [0.29, 0.717) is 52.0 Å². The molecule has 0 atom stereocenters. The Labute approximate surface area is 201 Å². The van der Waals surface area contributed by atoms with Crippen molar-refractivity contribution in [1.82, 2.24) is 14.5 Å². The minimum atomic E-state index is 0.0405. The molecule has 3 heterocycles. The first-order valence-electron chi connectivity index (χ1n) is 12.5. The van der Waals surface area contributed by atoms with E-state index in [1.54, 1.807) is 0 Å². The fourth-order valence-corrected chi connectivity index (χ4v) is 4.89. The van der Waals surface area contributed by atoms with Crippen LogP contribution in [0.3, 0.4) is 0 Å². The highest BCUT2D eigenvalue weighted by Gasteiger charge is 2.28. The van der Waals surface area contributed by atoms with E-state index < -0.39 is 0 Å². The third-order valence-electron chi connectivity index (χ3n) is 6.75. The summed E-state index contributed by atoms with van der Waals surface area (Å²) < 4.78 is 13.1. The zero-order valence-electron chi connectivity index (χ0n) is 20.2. The Bertz CT molecular complexity index is 952. The van der Waals surface area contributed by atoms with Gasteiger partial charge in [0.05, 0.1) is 19.8 Å². The summed E-state index contributed by atoms with van der Waals surface area (Å²) in [5.74, 6) is 1.53. The molecule has 1 aromatic heterocycles. The summed E-state index contributed by atoms with van der Waals surface area (Å²) in [6.45, 7) is 7.43. The van der Waals surface area contributed by atoms with Crippen molar-refractivity contribution in [2.45, 2.75) is 51.5 Å². The first-order valence-corrected chi connectivity index (χ1v) is 12.5. The van der Waals surface area contributed by atoms with Crippen LogP contribution in [-0.4, -0.2) is 72.3 Å². The summed E-state index contributed by atoms with van der Waals surface area (Å²) in [7, 11) is 0. The molecule has 0 saturated carbocycles. The van der Waals surface area contributed by atoms with Crippen LogP contribution in [-0.2, 0) is 32.0 Å². The van der Waals surface area contributed by atoms with Crippen LogP contribution in [0.5, 0.6) is 0 Å². The number of imidazole rings is 1. The number of benzene rings is 1. The van der Waals surface area contributed by atoms with Gasteiger partial charge in [-0.15, -0.1) is 0 Å². The lowest BCUT2D eigenvalue weighted by Gasteiger charge is -2.32. The van der Waals surface area contributed by atoms with Crippen LogP contribution in [0.1, 0.15) is 49.9 Å². The normalized spacial score (nSPS) is 16.1. The number of aromatic nitrogens is 2. The number of rotatable bonds is 11. The van der Waals surface area contributed by atoms with Crippen LogP contribution in [0.4, 0.5) is 5.69 Å². The van der Waals surface area contributed by atoms with E-state index in [1.807, 2.05) is 47.3 Å². The quantitative estimate of drug-likeness (QED) is 0.474. The average molecular weight is 469 g/mol. The number of carbonyl (C=O) groups is 2. The Morgan fingerprint density at radius 3 is 2.59 bits per heavy atom. The molecule has 8 heteroatoms. The number of piperidine rings is 1. The van der Waals surface area contributed by atoms with Crippen molar-refractivity contribution in [2.24, 2.45) is 0 Å². The van der Waals surface area contributed by atoms with E-state index in [4.69, 9.17) is 9.47 Å². The van der Waals surface area contributed by atoms with E-state index in [-0.39, 0.29) is 24.7 Å². The Kier molecular flexibility index (Phi) is 8.71. The Balaban J connectivity index is 1.19. The SMILES string of the molecule is CCOCCOCCn1ccnc1C1CCN(C(=O)CCC(=O)N2CCc3ccccc32)CC1. The molecule has 1 aromatic carbocycles. The second-order valence-electron chi connectivity index (χ2n) is 8.87. The second-order valence-corrected chi connectivity index (χ2v) is 8.87. The highest BCUT2D eigenvalue weighted by molar-refractivity contribution is 5.97. The molecule has 1 saturated heterocycles. The largest absolute Gasteiger partial charge is 0.379 e. The first kappa shape index (κ1) is 24.4. The highest BCUT2D eigenvalue weighted by Crippen LogP contribution is 2.29. The van der Waals surface area contributed by atoms with Gasteiger partial charge in [0.1, 0.15) is 5.82 Å². The van der Waals surface area contributed by atoms with Crippen LogP contribution in [0.25, 0.3) is 0 Å². The molecule has 0 aliphatic carbocycles. The van der Waals surface area contributed by atoms with E-state index >= 15 is 0 Å². The lowest BCUT2D eigenvalue weighted by atomic mass is 9.95. The number of likely N-dealkylation sites (tertiary alicyclic amines) is 1. The number of anilines is 1. The maximum atomic E-state index is 12.8. The van der Waals surface area contributed by atoms with E-state index in [1.165, 1.54) is 5.56 Å². The number of hydrogen-bond acceptors (Lipinski definition) is 5. The molecule has 2 aromatic rings. The van der Waals surface area contributed by atoms with Crippen molar-refractivity contribution in [3.05, 3.63) is 48.0 Å². The number of para-hydroxylation sites is 1. The van der Waals surface area contributed by atoms with Crippen LogP contribution >= 0.6 is 0 Å². The lowest BCUT2D eigenvalue weighted by Crippen LogP contribution is -2.39. The van der Waals surface area contributed by atoms with Crippen molar-refractivity contribution in [3.63, 3.8) is 0 Å². The van der Waals surface area contributed by atoms with Gasteiger partial charge in [-0.25, -0.2) is 4.98 Å². The Morgan fingerprint density at radius 1 is 1.00 bits per heavy atom. The molecule has 0 spiro atoms. The summed E-state index contributed by atoms with van der Waals surface area (Å²) in [4.78, 5) is 33.8. The van der Waals surface area contributed by atoms with Gasteiger partial charge in [-0.1, -0.05) is 18.2 Å². The third kappa shape index (κ3) is 6.04. The van der Waals surface area contributed by atoms with Gasteiger partial charge in [-0.3, -0.25) is 9.59 Å². The van der Waals surface area contributed by atoms with Gasteiger partial charge in [-0.05, 0) is 37.8 Å². The Morgan fingerprint density at radius 2 is 1.76 bits per heavy atom. The minimum Gasteiger partial charge on any atom is -0.379 e. The summed E-state index contributed by atoms with van der Waals surface area (Å²) in [5, 5.41) is 0. The standard InChI is InChI=1S/C26H36N4O4/c1-2-33-19-20-34-18-17-29-16-12-27-26(29)22-9-13-28(14-10-22)24(31)7-8-25(32)30-15-11-21-5-3-4-6-23(21)30/h3-6,12,16,22H,2,7-11,13-15,17-20H2,1H3. The molecule has 34 heavy (non-hydrogen) atoms. The highest BCUT2D eigenvalue weighted by atomic mass is 16.5. The topological polar surface area (TPSA) is 76.9 Å². The Hall–Kier alpha value is -2.71. The summed E-state index contributed by atoms with van der Waals surface area (Å²) in [6, 6.07) is 8.02. The van der Waals surface area contributed by atoms with Gasteiger partial charge in [0, 0.05) is 69.6 Å². The van der Waals surface area contributed by atoms with Crippen molar-refractivity contribution in [3.8, 4) is 0 Å². The van der Waals surface area contributed by atoms with Crippen molar-refractivity contribution >= 4 is 17.5 Å². The van der Waals surface area contributed by atoms with Gasteiger partial charge < -0.3 is 23.8 Å². The molecule has 8 nitrogen and oxygen atoms in total. The molecule has 2 aliphatic rings. The zero-order chi connectivity index (χ0) is 23.8. The molecule has 184 valence electrons. The van der Waals surface area contributed by atoms with Gasteiger partial charge in [0.2, 0.25) is 11.8 Å². The van der Waals surface area contributed by atoms with Crippen LogP contribution in [0, 0.1) is 0 Å². The van der Waals surface area contributed by atoms with E-state index in [9.17, 15) is 9.59 Å². The maximum Gasteiger partial charge on any atom is 0.227 e. The van der Waals surface area contributed by atoms with Gasteiger partial charge in [0.25, 0.3) is 0 Å². The minimum absolute atomic E-state index is 0.0405. The van der Waals surface area contributed by atoms with Crippen molar-refractivity contribution in [1.29, 1.82) is 0 Å². The summed E-state index contributed by atoms with van der Waals surface area (Å²) >= 11 is 0. The third-order valence-corrected chi connectivity index (χ3v) is 6.75. The molecule has 2 aliphatic heterocycles. The first-order chi connectivity index (χ1) is 16.7. The zero-order valence-corrected chi connectivity index (χ0v) is 20.2. The summed E-state index contributed by atoms with van der Waals surface area (Å²) in [5.41, 5.74) is 2.20. The predicted octanol–water partition coefficient (Wildman–Crippen LogP) is 3.01. The van der Waals surface area contributed by atoms with Crippen LogP contribution < -0.4 is 4.90 Å². The maximum absolute atomic E-state index is 12.8. The lowest BCUT2D eigenvalue weighted by molar-refractivity contribution is -0.134. The van der Waals surface area contributed by atoms with Gasteiger partial charge in [0.15, 0.2) is 0 Å². The van der Waals surface area contributed by atoms with Crippen LogP contribution in [0.2, 0.25) is 0 Å². The monoisotopic (exact) mass is 468 g/mol. The van der Waals surface area contributed by atoms with Crippen molar-refractivity contribution in [2.75, 3.05) is 51.0 Å². The molecule has 1 fully saturated rings. The molecule has 0 unspecified atom stereocenters. The molecule has 0 N–H and O–H groups in total.